The molecule has 0 spiro atoms. The number of carboxylic acids is 2. The highest BCUT2D eigenvalue weighted by atomic mass is 16.6. The largest absolute Gasteiger partial charge is 0.473 e. The van der Waals surface area contributed by atoms with Crippen LogP contribution in [0.15, 0.2) is 5.16 Å². The van der Waals surface area contributed by atoms with E-state index in [-0.39, 0.29) is 5.41 Å². The van der Waals surface area contributed by atoms with Gasteiger partial charge in [0.1, 0.15) is 6.61 Å². The number of fused-ring (bicyclic) bond motifs is 1. The average Bonchev–Trinajstić information content (AvgIpc) is 3.01. The van der Waals surface area contributed by atoms with Crippen LogP contribution in [0.4, 0.5) is 0 Å². The molecule has 3 fully saturated rings. The van der Waals surface area contributed by atoms with Crippen molar-refractivity contribution in [3.8, 4) is 0 Å². The standard InChI is InChI=1S/C21H38N2O2.C2H2O4/c1-20-11-9-18(17-7-3-2-4-8-17)15-21(20,24)12-10-19(20)16-23-25-14-6-5-13-22;3-1(4)2(5)6/h16-19,24H,2-15,22H2,1H3;(H,3,4)(H,5,6)/b23-16+;/t18-,19+,20+,21-;/m0./s1. The maximum atomic E-state index is 11.5. The minimum absolute atomic E-state index is 0.0255. The molecule has 5 N–H and O–H groups in total. The number of aliphatic hydroxyl groups is 1. The van der Waals surface area contributed by atoms with E-state index in [2.05, 4.69) is 12.1 Å². The number of unbranched alkanes of at least 4 members (excludes halogenated alkanes) is 1. The van der Waals surface area contributed by atoms with Crippen molar-refractivity contribution in [1.82, 2.24) is 0 Å². The van der Waals surface area contributed by atoms with Gasteiger partial charge in [0.05, 0.1) is 5.60 Å². The van der Waals surface area contributed by atoms with E-state index in [9.17, 15) is 5.11 Å². The summed E-state index contributed by atoms with van der Waals surface area (Å²) in [6, 6.07) is 0. The zero-order valence-electron chi connectivity index (χ0n) is 18.8. The molecule has 4 atom stereocenters. The van der Waals surface area contributed by atoms with Crippen LogP contribution in [0.1, 0.15) is 84.0 Å². The Hall–Kier alpha value is -1.67. The van der Waals surface area contributed by atoms with E-state index in [1.165, 1.54) is 38.5 Å². The summed E-state index contributed by atoms with van der Waals surface area (Å²) >= 11 is 0. The van der Waals surface area contributed by atoms with Crippen LogP contribution >= 0.6 is 0 Å². The van der Waals surface area contributed by atoms with Crippen LogP contribution < -0.4 is 5.73 Å². The van der Waals surface area contributed by atoms with Crippen LogP contribution in [0.25, 0.3) is 0 Å². The molecule has 0 aromatic carbocycles. The lowest BCUT2D eigenvalue weighted by Gasteiger charge is -2.50. The van der Waals surface area contributed by atoms with Gasteiger partial charge in [-0.1, -0.05) is 44.2 Å². The molecule has 0 amide bonds. The maximum absolute atomic E-state index is 11.5. The number of aliphatic carboxylic acids is 2. The summed E-state index contributed by atoms with van der Waals surface area (Å²) in [6.45, 7) is 3.65. The highest BCUT2D eigenvalue weighted by Crippen LogP contribution is 2.60. The first-order valence-electron chi connectivity index (χ1n) is 11.8. The quantitative estimate of drug-likeness (QED) is 0.206. The SMILES string of the molecule is C[C@]12CC[C@H](C3CCCCC3)C[C@@]1(O)CC[C@@H]2/C=N/OCCCCN.O=C(O)C(=O)O. The molecular weight excluding hydrogens is 400 g/mol. The van der Waals surface area contributed by atoms with Gasteiger partial charge in [-0.05, 0) is 63.3 Å². The van der Waals surface area contributed by atoms with Crippen molar-refractivity contribution >= 4 is 18.2 Å². The summed E-state index contributed by atoms with van der Waals surface area (Å²) in [5.74, 6) is -1.70. The van der Waals surface area contributed by atoms with E-state index in [0.29, 0.717) is 19.1 Å². The zero-order chi connectivity index (χ0) is 22.9. The van der Waals surface area contributed by atoms with Crippen LogP contribution in [0.5, 0.6) is 0 Å². The number of carbonyl (C=O) groups is 2. The normalized spacial score (nSPS) is 33.4. The Morgan fingerprint density at radius 2 is 1.71 bits per heavy atom. The zero-order valence-corrected chi connectivity index (χ0v) is 18.8. The van der Waals surface area contributed by atoms with E-state index in [0.717, 1.165) is 50.4 Å². The number of hydrogen-bond donors (Lipinski definition) is 4. The van der Waals surface area contributed by atoms with E-state index < -0.39 is 17.5 Å². The molecule has 0 heterocycles. The lowest BCUT2D eigenvalue weighted by molar-refractivity contribution is -0.159. The van der Waals surface area contributed by atoms with Crippen LogP contribution in [0.2, 0.25) is 0 Å². The molecular formula is C23H40N2O6. The van der Waals surface area contributed by atoms with Crippen molar-refractivity contribution in [2.75, 3.05) is 13.2 Å². The van der Waals surface area contributed by atoms with Gasteiger partial charge in [0.25, 0.3) is 0 Å². The summed E-state index contributed by atoms with van der Waals surface area (Å²) in [5.41, 5.74) is 4.97. The summed E-state index contributed by atoms with van der Waals surface area (Å²) < 4.78 is 0. The number of hydrogen-bond acceptors (Lipinski definition) is 6. The molecule has 31 heavy (non-hydrogen) atoms. The highest BCUT2D eigenvalue weighted by molar-refractivity contribution is 6.27. The van der Waals surface area contributed by atoms with Crippen molar-refractivity contribution < 1.29 is 29.7 Å². The molecule has 0 aromatic rings. The Morgan fingerprint density at radius 3 is 2.32 bits per heavy atom. The van der Waals surface area contributed by atoms with E-state index in [4.69, 9.17) is 30.4 Å². The van der Waals surface area contributed by atoms with Crippen molar-refractivity contribution in [3.05, 3.63) is 0 Å². The van der Waals surface area contributed by atoms with Crippen molar-refractivity contribution in [2.45, 2.75) is 89.6 Å². The third-order valence-electron chi connectivity index (χ3n) is 7.89. The summed E-state index contributed by atoms with van der Waals surface area (Å²) in [6.07, 6.45) is 16.3. The molecule has 0 aromatic heterocycles. The van der Waals surface area contributed by atoms with Gasteiger partial charge in [-0.3, -0.25) is 0 Å². The van der Waals surface area contributed by atoms with Crippen molar-refractivity contribution in [1.29, 1.82) is 0 Å². The topological polar surface area (TPSA) is 142 Å². The lowest BCUT2D eigenvalue weighted by atomic mass is 9.57. The molecule has 3 aliphatic rings. The first-order chi connectivity index (χ1) is 14.7. The van der Waals surface area contributed by atoms with Gasteiger partial charge in [-0.2, -0.15) is 0 Å². The monoisotopic (exact) mass is 440 g/mol. The molecule has 178 valence electrons. The molecule has 0 aliphatic heterocycles. The average molecular weight is 441 g/mol. The fourth-order valence-electron chi connectivity index (χ4n) is 5.84. The smallest absolute Gasteiger partial charge is 0.414 e. The molecule has 0 radical (unpaired) electrons. The molecule has 0 bridgehead atoms. The maximum Gasteiger partial charge on any atom is 0.414 e. The third-order valence-corrected chi connectivity index (χ3v) is 7.89. The van der Waals surface area contributed by atoms with Gasteiger partial charge in [0.15, 0.2) is 0 Å². The summed E-state index contributed by atoms with van der Waals surface area (Å²) in [4.78, 5) is 23.6. The second kappa shape index (κ2) is 11.8. The van der Waals surface area contributed by atoms with Gasteiger partial charge in [-0.25, -0.2) is 9.59 Å². The van der Waals surface area contributed by atoms with Crippen LogP contribution in [0, 0.1) is 23.2 Å². The minimum Gasteiger partial charge on any atom is -0.473 e. The van der Waals surface area contributed by atoms with Crippen LogP contribution in [-0.2, 0) is 14.4 Å². The third kappa shape index (κ3) is 6.65. The van der Waals surface area contributed by atoms with E-state index in [1.54, 1.807) is 0 Å². The van der Waals surface area contributed by atoms with Crippen molar-refractivity contribution in [3.63, 3.8) is 0 Å². The van der Waals surface area contributed by atoms with Gasteiger partial charge < -0.3 is 25.9 Å². The van der Waals surface area contributed by atoms with Gasteiger partial charge >= 0.3 is 11.9 Å². The molecule has 0 saturated heterocycles. The molecule has 8 nitrogen and oxygen atoms in total. The fraction of sp³-hybridized carbons (Fsp3) is 0.870. The Bertz CT molecular complexity index is 609. The van der Waals surface area contributed by atoms with Crippen molar-refractivity contribution in [2.24, 2.45) is 34.1 Å². The molecule has 3 aliphatic carbocycles. The van der Waals surface area contributed by atoms with E-state index in [1.807, 2.05) is 6.21 Å². The minimum atomic E-state index is -1.82. The lowest BCUT2D eigenvalue weighted by Crippen LogP contribution is -2.51. The number of oxime groups is 1. The van der Waals surface area contributed by atoms with E-state index >= 15 is 0 Å². The first kappa shape index (κ1) is 25.6. The number of carboxylic acid groups (broad SMARTS) is 2. The number of nitrogens with two attached hydrogens (primary N) is 1. The molecule has 3 saturated carbocycles. The van der Waals surface area contributed by atoms with Crippen LogP contribution in [0.3, 0.4) is 0 Å². The second-order valence-corrected chi connectivity index (χ2v) is 9.69. The molecule has 0 unspecified atom stereocenters. The summed E-state index contributed by atoms with van der Waals surface area (Å²) in [7, 11) is 0. The second-order valence-electron chi connectivity index (χ2n) is 9.69. The summed E-state index contributed by atoms with van der Waals surface area (Å²) in [5, 5.41) is 30.5. The highest BCUT2D eigenvalue weighted by Gasteiger charge is 2.59. The molecule has 8 heteroatoms. The predicted octanol–water partition coefficient (Wildman–Crippen LogP) is 3.41. The Labute approximate surface area is 185 Å². The number of rotatable bonds is 7. The Kier molecular flexibility index (Phi) is 9.75. The Morgan fingerprint density at radius 1 is 1.03 bits per heavy atom. The predicted molar refractivity (Wildman–Crippen MR) is 118 cm³/mol. The number of nitrogens with zero attached hydrogens (tertiary/aromatic N) is 1. The van der Waals surface area contributed by atoms with Gasteiger partial charge in [0, 0.05) is 17.5 Å². The fourth-order valence-corrected chi connectivity index (χ4v) is 5.84. The van der Waals surface area contributed by atoms with Gasteiger partial charge in [-0.15, -0.1) is 0 Å². The Balaban J connectivity index is 0.000000501. The first-order valence-corrected chi connectivity index (χ1v) is 11.8. The van der Waals surface area contributed by atoms with Crippen LogP contribution in [-0.4, -0.2) is 52.2 Å². The van der Waals surface area contributed by atoms with Gasteiger partial charge in [0.2, 0.25) is 0 Å². The molecule has 3 rings (SSSR count).